The van der Waals surface area contributed by atoms with Gasteiger partial charge >= 0.3 is 0 Å². The van der Waals surface area contributed by atoms with Crippen LogP contribution in [-0.4, -0.2) is 10.9 Å². The number of hydrogen-bond donors (Lipinski definition) is 1. The molecule has 25 heavy (non-hydrogen) atoms. The van der Waals surface area contributed by atoms with Crippen molar-refractivity contribution in [3.05, 3.63) is 72.3 Å². The molecule has 0 aliphatic heterocycles. The molecule has 0 bridgehead atoms. The van der Waals surface area contributed by atoms with Gasteiger partial charge in [-0.05, 0) is 60.4 Å². The van der Waals surface area contributed by atoms with Crippen LogP contribution >= 0.6 is 0 Å². The van der Waals surface area contributed by atoms with Crippen molar-refractivity contribution in [1.82, 2.24) is 0 Å². The first kappa shape index (κ1) is 15.7. The van der Waals surface area contributed by atoms with Crippen LogP contribution in [-0.2, 0) is 10.4 Å². The van der Waals surface area contributed by atoms with Crippen molar-refractivity contribution < 1.29 is 14.6 Å². The van der Waals surface area contributed by atoms with Crippen molar-refractivity contribution >= 4 is 16.6 Å². The minimum atomic E-state index is -0.945. The standard InChI is InChI=1S/C22H20O3/c23-19-10-12-20(13-11-19)25-22(14-4-3-7-21(22)24)18-9-8-16-5-1-2-6-17(16)15-18/h1-2,5-6,8-13,15,23H,3-4,7,14H2/t22-/m1/s1. The molecule has 1 fully saturated rings. The van der Waals surface area contributed by atoms with Crippen molar-refractivity contribution in [2.75, 3.05) is 0 Å². The van der Waals surface area contributed by atoms with Gasteiger partial charge in [0, 0.05) is 12.0 Å². The van der Waals surface area contributed by atoms with Gasteiger partial charge in [0.25, 0.3) is 0 Å². The fourth-order valence-corrected chi connectivity index (χ4v) is 3.63. The Hall–Kier alpha value is -2.81. The number of hydrogen-bond acceptors (Lipinski definition) is 3. The van der Waals surface area contributed by atoms with Crippen LogP contribution in [0.5, 0.6) is 11.5 Å². The normalized spacial score (nSPS) is 20.6. The van der Waals surface area contributed by atoms with E-state index in [1.54, 1.807) is 24.3 Å². The number of carbonyl (C=O) groups excluding carboxylic acids is 1. The first-order chi connectivity index (χ1) is 12.2. The Morgan fingerprint density at radius 2 is 1.64 bits per heavy atom. The number of phenolic OH excluding ortho intramolecular Hbond substituents is 1. The summed E-state index contributed by atoms with van der Waals surface area (Å²) in [5, 5.41) is 11.7. The molecule has 1 aliphatic carbocycles. The Morgan fingerprint density at radius 1 is 0.880 bits per heavy atom. The number of ether oxygens (including phenoxy) is 1. The Kier molecular flexibility index (Phi) is 3.92. The molecule has 126 valence electrons. The molecule has 1 N–H and O–H groups in total. The Balaban J connectivity index is 1.81. The zero-order valence-electron chi connectivity index (χ0n) is 13.9. The van der Waals surface area contributed by atoms with Crippen LogP contribution in [0.4, 0.5) is 0 Å². The molecule has 1 atom stereocenters. The number of fused-ring (bicyclic) bond motifs is 1. The van der Waals surface area contributed by atoms with Crippen molar-refractivity contribution in [3.63, 3.8) is 0 Å². The van der Waals surface area contributed by atoms with Gasteiger partial charge in [0.05, 0.1) is 0 Å². The summed E-state index contributed by atoms with van der Waals surface area (Å²) in [6.45, 7) is 0. The lowest BCUT2D eigenvalue weighted by Gasteiger charge is -2.36. The first-order valence-electron chi connectivity index (χ1n) is 8.68. The van der Waals surface area contributed by atoms with Crippen molar-refractivity contribution in [2.24, 2.45) is 0 Å². The van der Waals surface area contributed by atoms with E-state index in [4.69, 9.17) is 4.74 Å². The molecule has 0 aromatic heterocycles. The molecule has 3 aromatic carbocycles. The number of ketones is 1. The molecular formula is C22H20O3. The van der Waals surface area contributed by atoms with E-state index < -0.39 is 5.60 Å². The Labute approximate surface area is 146 Å². The predicted molar refractivity (Wildman–Crippen MR) is 97.8 cm³/mol. The molecule has 4 rings (SSSR count). The molecule has 0 heterocycles. The largest absolute Gasteiger partial charge is 0.508 e. The zero-order valence-corrected chi connectivity index (χ0v) is 13.9. The summed E-state index contributed by atoms with van der Waals surface area (Å²) in [6.07, 6.45) is 3.07. The predicted octanol–water partition coefficient (Wildman–Crippen LogP) is 4.96. The molecule has 0 amide bonds. The summed E-state index contributed by atoms with van der Waals surface area (Å²) in [5.41, 5.74) is -0.0387. The average molecular weight is 332 g/mol. The number of phenols is 1. The molecule has 1 aliphatic rings. The molecule has 3 heteroatoms. The summed E-state index contributed by atoms with van der Waals surface area (Å²) in [5.74, 6) is 0.908. The fraction of sp³-hybridized carbons (Fsp3) is 0.227. The Bertz CT molecular complexity index is 914. The van der Waals surface area contributed by atoms with E-state index in [0.717, 1.165) is 29.2 Å². The van der Waals surface area contributed by atoms with Gasteiger partial charge in [-0.15, -0.1) is 0 Å². The molecule has 0 unspecified atom stereocenters. The second kappa shape index (κ2) is 6.25. The van der Waals surface area contributed by atoms with Crippen LogP contribution in [0.3, 0.4) is 0 Å². The van der Waals surface area contributed by atoms with Gasteiger partial charge in [0.1, 0.15) is 11.5 Å². The van der Waals surface area contributed by atoms with E-state index in [9.17, 15) is 9.90 Å². The van der Waals surface area contributed by atoms with E-state index >= 15 is 0 Å². The van der Waals surface area contributed by atoms with Crippen LogP contribution < -0.4 is 4.74 Å². The fourth-order valence-electron chi connectivity index (χ4n) is 3.63. The number of carbonyl (C=O) groups is 1. The quantitative estimate of drug-likeness (QED) is 0.737. The monoisotopic (exact) mass is 332 g/mol. The lowest BCUT2D eigenvalue weighted by molar-refractivity contribution is -0.138. The molecular weight excluding hydrogens is 312 g/mol. The topological polar surface area (TPSA) is 46.5 Å². The highest BCUT2D eigenvalue weighted by atomic mass is 16.5. The van der Waals surface area contributed by atoms with Gasteiger partial charge in [0.15, 0.2) is 11.4 Å². The van der Waals surface area contributed by atoms with E-state index in [1.165, 1.54) is 0 Å². The zero-order chi connectivity index (χ0) is 17.3. The number of Topliss-reactive ketones (excluding diaryl/α,β-unsaturated/α-hetero) is 1. The molecule has 0 spiro atoms. The lowest BCUT2D eigenvalue weighted by Crippen LogP contribution is -2.44. The third-order valence-corrected chi connectivity index (χ3v) is 4.98. The molecule has 3 nitrogen and oxygen atoms in total. The lowest BCUT2D eigenvalue weighted by atomic mass is 9.77. The van der Waals surface area contributed by atoms with Gasteiger partial charge in [-0.2, -0.15) is 0 Å². The van der Waals surface area contributed by atoms with Gasteiger partial charge in [-0.3, -0.25) is 4.79 Å². The summed E-state index contributed by atoms with van der Waals surface area (Å²) in [6, 6.07) is 20.8. The second-order valence-corrected chi connectivity index (χ2v) is 6.62. The van der Waals surface area contributed by atoms with E-state index in [-0.39, 0.29) is 11.5 Å². The summed E-state index contributed by atoms with van der Waals surface area (Å²) in [7, 11) is 0. The molecule has 1 saturated carbocycles. The van der Waals surface area contributed by atoms with Gasteiger partial charge in [-0.1, -0.05) is 36.4 Å². The van der Waals surface area contributed by atoms with Crippen LogP contribution in [0.15, 0.2) is 66.7 Å². The van der Waals surface area contributed by atoms with Crippen LogP contribution in [0.2, 0.25) is 0 Å². The average Bonchev–Trinajstić information content (AvgIpc) is 2.65. The maximum Gasteiger partial charge on any atom is 0.192 e. The number of rotatable bonds is 3. The Morgan fingerprint density at radius 3 is 2.40 bits per heavy atom. The maximum atomic E-state index is 12.9. The summed E-state index contributed by atoms with van der Waals surface area (Å²) in [4.78, 5) is 12.9. The van der Waals surface area contributed by atoms with Gasteiger partial charge in [0.2, 0.25) is 0 Å². The van der Waals surface area contributed by atoms with Gasteiger partial charge in [-0.25, -0.2) is 0 Å². The SMILES string of the molecule is O=C1CCCC[C@@]1(Oc1ccc(O)cc1)c1ccc2ccccc2c1. The highest BCUT2D eigenvalue weighted by Crippen LogP contribution is 2.40. The minimum Gasteiger partial charge on any atom is -0.508 e. The van der Waals surface area contributed by atoms with Crippen molar-refractivity contribution in [3.8, 4) is 11.5 Å². The molecule has 0 radical (unpaired) electrons. The highest BCUT2D eigenvalue weighted by Gasteiger charge is 2.44. The highest BCUT2D eigenvalue weighted by molar-refractivity contribution is 5.92. The van der Waals surface area contributed by atoms with E-state index in [1.807, 2.05) is 18.2 Å². The van der Waals surface area contributed by atoms with E-state index in [0.29, 0.717) is 18.6 Å². The summed E-state index contributed by atoms with van der Waals surface area (Å²) >= 11 is 0. The van der Waals surface area contributed by atoms with Crippen molar-refractivity contribution in [1.29, 1.82) is 0 Å². The third-order valence-electron chi connectivity index (χ3n) is 4.98. The van der Waals surface area contributed by atoms with Crippen molar-refractivity contribution in [2.45, 2.75) is 31.3 Å². The number of benzene rings is 3. The van der Waals surface area contributed by atoms with Crippen LogP contribution in [0.25, 0.3) is 10.8 Å². The number of aromatic hydroxyl groups is 1. The third kappa shape index (κ3) is 2.86. The van der Waals surface area contributed by atoms with Gasteiger partial charge < -0.3 is 9.84 Å². The van der Waals surface area contributed by atoms with Crippen LogP contribution in [0.1, 0.15) is 31.2 Å². The van der Waals surface area contributed by atoms with E-state index in [2.05, 4.69) is 24.3 Å². The second-order valence-electron chi connectivity index (χ2n) is 6.62. The molecule has 3 aromatic rings. The minimum absolute atomic E-state index is 0.127. The maximum absolute atomic E-state index is 12.9. The summed E-state index contributed by atoms with van der Waals surface area (Å²) < 4.78 is 6.28. The van der Waals surface area contributed by atoms with Crippen LogP contribution in [0, 0.1) is 0 Å². The molecule has 0 saturated heterocycles. The first-order valence-corrected chi connectivity index (χ1v) is 8.68. The smallest absolute Gasteiger partial charge is 0.192 e.